The third kappa shape index (κ3) is 6.78. The highest BCUT2D eigenvalue weighted by atomic mass is 16.5. The molecule has 0 spiro atoms. The van der Waals surface area contributed by atoms with Gasteiger partial charge in [0.15, 0.2) is 0 Å². The van der Waals surface area contributed by atoms with Crippen LogP contribution >= 0.6 is 0 Å². The predicted molar refractivity (Wildman–Crippen MR) is 117 cm³/mol. The van der Waals surface area contributed by atoms with E-state index in [1.807, 2.05) is 6.07 Å². The number of ether oxygens (including phenoxy) is 1. The van der Waals surface area contributed by atoms with Crippen LogP contribution in [0.3, 0.4) is 0 Å². The number of rotatable bonds is 10. The van der Waals surface area contributed by atoms with E-state index in [0.29, 0.717) is 25.2 Å². The van der Waals surface area contributed by atoms with Crippen LogP contribution in [0.5, 0.6) is 0 Å². The van der Waals surface area contributed by atoms with Crippen molar-refractivity contribution in [3.8, 4) is 0 Å². The molecule has 0 aromatic heterocycles. The monoisotopic (exact) mass is 402 g/mol. The smallest absolute Gasteiger partial charge is 0.237 e. The number of hydrogen-bond donors (Lipinski definition) is 2. The molecule has 6 heteroatoms. The van der Waals surface area contributed by atoms with Crippen LogP contribution in [0.25, 0.3) is 0 Å². The molecule has 1 aromatic carbocycles. The van der Waals surface area contributed by atoms with Gasteiger partial charge in [0, 0.05) is 38.8 Å². The quantitative estimate of drug-likeness (QED) is 0.585. The third-order valence-electron chi connectivity index (χ3n) is 6.14. The molecule has 2 aliphatic heterocycles. The minimum absolute atomic E-state index is 0.0789. The van der Waals surface area contributed by atoms with E-state index in [-0.39, 0.29) is 11.9 Å². The van der Waals surface area contributed by atoms with Crippen molar-refractivity contribution in [2.24, 2.45) is 0 Å². The average Bonchev–Trinajstić information content (AvgIpc) is 3.13. The maximum Gasteiger partial charge on any atom is 0.237 e. The van der Waals surface area contributed by atoms with E-state index < -0.39 is 0 Å². The lowest BCUT2D eigenvalue weighted by Crippen LogP contribution is -2.47. The molecular formula is C23H38N4O2. The fourth-order valence-electron chi connectivity index (χ4n) is 4.66. The first-order valence-corrected chi connectivity index (χ1v) is 11.2. The van der Waals surface area contributed by atoms with Crippen molar-refractivity contribution < 1.29 is 9.53 Å². The number of amides is 1. The van der Waals surface area contributed by atoms with Crippen molar-refractivity contribution in [2.75, 3.05) is 46.4 Å². The van der Waals surface area contributed by atoms with Crippen LogP contribution in [0.2, 0.25) is 0 Å². The number of hydrogen-bond acceptors (Lipinski definition) is 5. The van der Waals surface area contributed by atoms with Crippen LogP contribution in [-0.2, 0) is 16.1 Å². The van der Waals surface area contributed by atoms with Crippen molar-refractivity contribution in [2.45, 2.75) is 57.3 Å². The first kappa shape index (κ1) is 22.2. The Morgan fingerprint density at radius 3 is 2.62 bits per heavy atom. The van der Waals surface area contributed by atoms with Crippen LogP contribution in [-0.4, -0.2) is 80.3 Å². The van der Waals surface area contributed by atoms with E-state index in [9.17, 15) is 4.79 Å². The zero-order valence-corrected chi connectivity index (χ0v) is 18.1. The van der Waals surface area contributed by atoms with Gasteiger partial charge in [-0.1, -0.05) is 37.3 Å². The van der Waals surface area contributed by atoms with E-state index in [4.69, 9.17) is 4.74 Å². The molecule has 2 atom stereocenters. The second-order valence-electron chi connectivity index (χ2n) is 8.43. The molecule has 1 aromatic rings. The fourth-order valence-corrected chi connectivity index (χ4v) is 4.66. The standard InChI is InChI=1S/C23H38N4O2/c1-3-12-26-13-9-20(10-14-26)25-21-16-22(23(28)24-11-15-29-2)27(18-21)17-19-7-5-4-6-8-19/h4-8,20-22,25H,3,9-18H2,1-2H3,(H,24,28)/t21-,22-/m0/s1. The first-order valence-electron chi connectivity index (χ1n) is 11.2. The average molecular weight is 403 g/mol. The van der Waals surface area contributed by atoms with Gasteiger partial charge in [0.05, 0.1) is 12.6 Å². The van der Waals surface area contributed by atoms with Gasteiger partial charge in [-0.05, 0) is 50.9 Å². The Kier molecular flexibility index (Phi) is 8.92. The lowest BCUT2D eigenvalue weighted by atomic mass is 10.0. The predicted octanol–water partition coefficient (Wildman–Crippen LogP) is 1.86. The number of piperidine rings is 1. The van der Waals surface area contributed by atoms with E-state index in [1.165, 1.54) is 44.5 Å². The van der Waals surface area contributed by atoms with Gasteiger partial charge in [0.25, 0.3) is 0 Å². The maximum atomic E-state index is 12.8. The maximum absolute atomic E-state index is 12.8. The van der Waals surface area contributed by atoms with Crippen LogP contribution < -0.4 is 10.6 Å². The summed E-state index contributed by atoms with van der Waals surface area (Å²) in [6.45, 7) is 8.70. The topological polar surface area (TPSA) is 56.8 Å². The zero-order chi connectivity index (χ0) is 20.5. The van der Waals surface area contributed by atoms with Gasteiger partial charge in [-0.3, -0.25) is 9.69 Å². The minimum Gasteiger partial charge on any atom is -0.383 e. The highest BCUT2D eigenvalue weighted by Crippen LogP contribution is 2.23. The number of benzene rings is 1. The molecule has 29 heavy (non-hydrogen) atoms. The molecule has 2 heterocycles. The van der Waals surface area contributed by atoms with Crippen molar-refractivity contribution in [3.05, 3.63) is 35.9 Å². The highest BCUT2D eigenvalue weighted by Gasteiger charge is 2.37. The molecule has 0 aliphatic carbocycles. The number of nitrogens with one attached hydrogen (secondary N) is 2. The molecule has 2 N–H and O–H groups in total. The van der Waals surface area contributed by atoms with Crippen LogP contribution in [0.15, 0.2) is 30.3 Å². The summed E-state index contributed by atoms with van der Waals surface area (Å²) < 4.78 is 5.08. The number of carbonyl (C=O) groups is 1. The molecule has 2 aliphatic rings. The van der Waals surface area contributed by atoms with E-state index in [0.717, 1.165) is 19.5 Å². The molecule has 0 radical (unpaired) electrons. The zero-order valence-electron chi connectivity index (χ0n) is 18.1. The SMILES string of the molecule is CCCN1CCC(N[C@H]2C[C@@H](C(=O)NCCOC)N(Cc3ccccc3)C2)CC1. The normalized spacial score (nSPS) is 24.1. The molecule has 1 amide bonds. The van der Waals surface area contributed by atoms with Crippen molar-refractivity contribution in [3.63, 3.8) is 0 Å². The summed E-state index contributed by atoms with van der Waals surface area (Å²) in [6, 6.07) is 11.3. The Bertz CT molecular complexity index is 604. The summed E-state index contributed by atoms with van der Waals surface area (Å²) >= 11 is 0. The molecule has 3 rings (SSSR count). The van der Waals surface area contributed by atoms with Crippen LogP contribution in [0.4, 0.5) is 0 Å². The molecule has 0 bridgehead atoms. The van der Waals surface area contributed by atoms with E-state index in [2.05, 4.69) is 51.6 Å². The van der Waals surface area contributed by atoms with Crippen molar-refractivity contribution in [1.29, 1.82) is 0 Å². The summed E-state index contributed by atoms with van der Waals surface area (Å²) in [5, 5.41) is 6.92. The van der Waals surface area contributed by atoms with Crippen molar-refractivity contribution >= 4 is 5.91 Å². The molecule has 2 saturated heterocycles. The Balaban J connectivity index is 1.56. The van der Waals surface area contributed by atoms with Gasteiger partial charge in [-0.2, -0.15) is 0 Å². The molecule has 162 valence electrons. The number of likely N-dealkylation sites (tertiary alicyclic amines) is 2. The summed E-state index contributed by atoms with van der Waals surface area (Å²) in [6.07, 6.45) is 4.52. The lowest BCUT2D eigenvalue weighted by Gasteiger charge is -2.33. The Labute approximate surface area is 176 Å². The molecule has 6 nitrogen and oxygen atoms in total. The largest absolute Gasteiger partial charge is 0.383 e. The second kappa shape index (κ2) is 11.6. The van der Waals surface area contributed by atoms with Gasteiger partial charge in [0.2, 0.25) is 5.91 Å². The number of methoxy groups -OCH3 is 1. The van der Waals surface area contributed by atoms with Gasteiger partial charge in [-0.25, -0.2) is 0 Å². The van der Waals surface area contributed by atoms with Gasteiger partial charge >= 0.3 is 0 Å². The highest BCUT2D eigenvalue weighted by molar-refractivity contribution is 5.82. The van der Waals surface area contributed by atoms with E-state index in [1.54, 1.807) is 7.11 Å². The third-order valence-corrected chi connectivity index (χ3v) is 6.14. The van der Waals surface area contributed by atoms with Gasteiger partial charge < -0.3 is 20.3 Å². The Hall–Kier alpha value is -1.47. The van der Waals surface area contributed by atoms with Gasteiger partial charge in [0.1, 0.15) is 0 Å². The van der Waals surface area contributed by atoms with Gasteiger partial charge in [-0.15, -0.1) is 0 Å². The first-order chi connectivity index (χ1) is 14.2. The Morgan fingerprint density at radius 1 is 1.17 bits per heavy atom. The number of carbonyl (C=O) groups excluding carboxylic acids is 1. The van der Waals surface area contributed by atoms with Crippen molar-refractivity contribution in [1.82, 2.24) is 20.4 Å². The summed E-state index contributed by atoms with van der Waals surface area (Å²) in [5.41, 5.74) is 1.26. The summed E-state index contributed by atoms with van der Waals surface area (Å²) in [7, 11) is 1.66. The molecule has 0 unspecified atom stereocenters. The fraction of sp³-hybridized carbons (Fsp3) is 0.696. The minimum atomic E-state index is -0.0789. The molecule has 0 saturated carbocycles. The van der Waals surface area contributed by atoms with Crippen LogP contribution in [0, 0.1) is 0 Å². The summed E-state index contributed by atoms with van der Waals surface area (Å²) in [5.74, 6) is 0.125. The summed E-state index contributed by atoms with van der Waals surface area (Å²) in [4.78, 5) is 17.7. The Morgan fingerprint density at radius 2 is 1.93 bits per heavy atom. The number of nitrogens with zero attached hydrogens (tertiary/aromatic N) is 2. The molecule has 2 fully saturated rings. The van der Waals surface area contributed by atoms with Crippen LogP contribution in [0.1, 0.15) is 38.2 Å². The lowest BCUT2D eigenvalue weighted by molar-refractivity contribution is -0.125. The second-order valence-corrected chi connectivity index (χ2v) is 8.43. The molecular weight excluding hydrogens is 364 g/mol. The van der Waals surface area contributed by atoms with E-state index >= 15 is 0 Å².